The number of amides is 1. The number of hydrogen-bond donors (Lipinski definition) is 3. The highest BCUT2D eigenvalue weighted by Crippen LogP contribution is 2.25. The van der Waals surface area contributed by atoms with Crippen LogP contribution in [0.5, 0.6) is 0 Å². The molecule has 5 N–H and O–H groups in total. The van der Waals surface area contributed by atoms with Gasteiger partial charge in [-0.3, -0.25) is 4.79 Å². The van der Waals surface area contributed by atoms with Crippen molar-refractivity contribution in [1.29, 1.82) is 0 Å². The van der Waals surface area contributed by atoms with Gasteiger partial charge in [-0.2, -0.15) is 0 Å². The first-order chi connectivity index (χ1) is 8.97. The van der Waals surface area contributed by atoms with Gasteiger partial charge in [0.05, 0.1) is 11.4 Å². The second kappa shape index (κ2) is 5.02. The van der Waals surface area contributed by atoms with Crippen molar-refractivity contribution in [3.05, 3.63) is 53.1 Å². The van der Waals surface area contributed by atoms with E-state index in [9.17, 15) is 4.79 Å². The quantitative estimate of drug-likeness (QED) is 0.737. The Morgan fingerprint density at radius 2 is 1.79 bits per heavy atom. The molecule has 0 fully saturated rings. The van der Waals surface area contributed by atoms with Crippen LogP contribution in [0.25, 0.3) is 0 Å². The molecular formula is C15H17N3O. The van der Waals surface area contributed by atoms with Gasteiger partial charge in [-0.1, -0.05) is 6.07 Å². The van der Waals surface area contributed by atoms with Crippen LogP contribution in [-0.2, 0) is 0 Å². The first-order valence-corrected chi connectivity index (χ1v) is 6.01. The molecular weight excluding hydrogens is 238 g/mol. The molecule has 2 aromatic rings. The van der Waals surface area contributed by atoms with Crippen LogP contribution in [0.15, 0.2) is 36.4 Å². The van der Waals surface area contributed by atoms with Gasteiger partial charge in [-0.15, -0.1) is 0 Å². The van der Waals surface area contributed by atoms with E-state index in [1.54, 1.807) is 18.2 Å². The van der Waals surface area contributed by atoms with Crippen molar-refractivity contribution in [2.45, 2.75) is 13.8 Å². The molecule has 4 nitrogen and oxygen atoms in total. The number of carbonyl (C=O) groups is 1. The molecule has 0 aliphatic rings. The van der Waals surface area contributed by atoms with E-state index in [2.05, 4.69) is 25.2 Å². The molecule has 0 saturated carbocycles. The number of nitrogens with one attached hydrogen (secondary N) is 1. The van der Waals surface area contributed by atoms with Crippen molar-refractivity contribution in [1.82, 2.24) is 0 Å². The molecule has 0 saturated heterocycles. The summed E-state index contributed by atoms with van der Waals surface area (Å²) in [4.78, 5) is 11.1. The van der Waals surface area contributed by atoms with Crippen molar-refractivity contribution in [3.8, 4) is 0 Å². The minimum atomic E-state index is -0.482. The van der Waals surface area contributed by atoms with E-state index in [-0.39, 0.29) is 0 Å². The highest BCUT2D eigenvalue weighted by molar-refractivity contribution is 5.95. The van der Waals surface area contributed by atoms with Crippen molar-refractivity contribution >= 4 is 23.0 Å². The topological polar surface area (TPSA) is 81.1 Å². The number of nitrogen functional groups attached to an aromatic ring is 1. The normalized spacial score (nSPS) is 10.2. The number of primary amides is 1. The van der Waals surface area contributed by atoms with Gasteiger partial charge in [0.25, 0.3) is 0 Å². The van der Waals surface area contributed by atoms with Gasteiger partial charge in [0.2, 0.25) is 5.91 Å². The van der Waals surface area contributed by atoms with Crippen LogP contribution in [0.4, 0.5) is 17.1 Å². The lowest BCUT2D eigenvalue weighted by atomic mass is 10.1. The zero-order chi connectivity index (χ0) is 14.0. The van der Waals surface area contributed by atoms with Gasteiger partial charge < -0.3 is 16.8 Å². The lowest BCUT2D eigenvalue weighted by Crippen LogP contribution is -2.11. The molecule has 0 heterocycles. The molecule has 19 heavy (non-hydrogen) atoms. The average molecular weight is 255 g/mol. The summed E-state index contributed by atoms with van der Waals surface area (Å²) in [5.74, 6) is -0.482. The van der Waals surface area contributed by atoms with Crippen LogP contribution >= 0.6 is 0 Å². The van der Waals surface area contributed by atoms with Gasteiger partial charge in [0.1, 0.15) is 0 Å². The Morgan fingerprint density at radius 3 is 2.37 bits per heavy atom. The van der Waals surface area contributed by atoms with Crippen LogP contribution < -0.4 is 16.8 Å². The van der Waals surface area contributed by atoms with Gasteiger partial charge in [-0.05, 0) is 55.3 Å². The molecule has 4 heteroatoms. The highest BCUT2D eigenvalue weighted by Gasteiger charge is 2.05. The Labute approximate surface area is 112 Å². The number of carbonyl (C=O) groups excluding carboxylic acids is 1. The Bertz CT molecular complexity index is 635. The van der Waals surface area contributed by atoms with E-state index in [0.29, 0.717) is 11.3 Å². The maximum absolute atomic E-state index is 11.1. The third-order valence-corrected chi connectivity index (χ3v) is 3.12. The number of rotatable bonds is 3. The van der Waals surface area contributed by atoms with Gasteiger partial charge in [-0.25, -0.2) is 0 Å². The smallest absolute Gasteiger partial charge is 0.248 e. The molecule has 0 aliphatic heterocycles. The maximum atomic E-state index is 11.1. The zero-order valence-corrected chi connectivity index (χ0v) is 11.0. The minimum absolute atomic E-state index is 0.406. The molecule has 2 rings (SSSR count). The Morgan fingerprint density at radius 1 is 1.05 bits per heavy atom. The number of hydrogen-bond acceptors (Lipinski definition) is 3. The van der Waals surface area contributed by atoms with E-state index in [1.807, 2.05) is 12.1 Å². The Hall–Kier alpha value is -2.49. The fourth-order valence-corrected chi connectivity index (χ4v) is 1.80. The summed E-state index contributed by atoms with van der Waals surface area (Å²) in [7, 11) is 0. The molecule has 0 spiro atoms. The van der Waals surface area contributed by atoms with Crippen LogP contribution in [0, 0.1) is 13.8 Å². The zero-order valence-electron chi connectivity index (χ0n) is 11.0. The summed E-state index contributed by atoms with van der Waals surface area (Å²) in [6.45, 7) is 4.12. The van der Waals surface area contributed by atoms with Crippen molar-refractivity contribution in [2.24, 2.45) is 5.73 Å². The predicted molar refractivity (Wildman–Crippen MR) is 78.6 cm³/mol. The van der Waals surface area contributed by atoms with Crippen LogP contribution in [0.1, 0.15) is 21.5 Å². The predicted octanol–water partition coefficient (Wildman–Crippen LogP) is 2.73. The monoisotopic (exact) mass is 255 g/mol. The fraction of sp³-hybridized carbons (Fsp3) is 0.133. The SMILES string of the molecule is Cc1ccc(Nc2ccc(C(N)=O)cc2N)cc1C. The Kier molecular flexibility index (Phi) is 3.42. The van der Waals surface area contributed by atoms with Crippen molar-refractivity contribution < 1.29 is 4.79 Å². The maximum Gasteiger partial charge on any atom is 0.248 e. The lowest BCUT2D eigenvalue weighted by Gasteiger charge is -2.11. The molecule has 0 aromatic heterocycles. The van der Waals surface area contributed by atoms with Gasteiger partial charge in [0.15, 0.2) is 0 Å². The van der Waals surface area contributed by atoms with Crippen molar-refractivity contribution in [2.75, 3.05) is 11.1 Å². The Balaban J connectivity index is 2.28. The summed E-state index contributed by atoms with van der Waals surface area (Å²) in [6.07, 6.45) is 0. The van der Waals surface area contributed by atoms with Gasteiger partial charge in [0, 0.05) is 11.3 Å². The fourth-order valence-electron chi connectivity index (χ4n) is 1.80. The number of aryl methyl sites for hydroxylation is 2. The van der Waals surface area contributed by atoms with Crippen LogP contribution in [-0.4, -0.2) is 5.91 Å². The minimum Gasteiger partial charge on any atom is -0.397 e. The first-order valence-electron chi connectivity index (χ1n) is 6.01. The summed E-state index contributed by atoms with van der Waals surface area (Å²) in [5.41, 5.74) is 16.2. The van der Waals surface area contributed by atoms with E-state index in [4.69, 9.17) is 11.5 Å². The average Bonchev–Trinajstić information content (AvgIpc) is 2.36. The third-order valence-electron chi connectivity index (χ3n) is 3.12. The number of benzene rings is 2. The van der Waals surface area contributed by atoms with E-state index in [0.717, 1.165) is 11.4 Å². The number of nitrogens with two attached hydrogens (primary N) is 2. The lowest BCUT2D eigenvalue weighted by molar-refractivity contribution is 0.100. The highest BCUT2D eigenvalue weighted by atomic mass is 16.1. The molecule has 0 unspecified atom stereocenters. The van der Waals surface area contributed by atoms with E-state index < -0.39 is 5.91 Å². The molecule has 0 atom stereocenters. The first kappa shape index (κ1) is 13.0. The van der Waals surface area contributed by atoms with Crippen molar-refractivity contribution in [3.63, 3.8) is 0 Å². The molecule has 0 radical (unpaired) electrons. The molecule has 0 bridgehead atoms. The van der Waals surface area contributed by atoms with Crippen LogP contribution in [0.2, 0.25) is 0 Å². The van der Waals surface area contributed by atoms with Crippen LogP contribution in [0.3, 0.4) is 0 Å². The molecule has 2 aromatic carbocycles. The molecule has 0 aliphatic carbocycles. The molecule has 1 amide bonds. The summed E-state index contributed by atoms with van der Waals surface area (Å²) < 4.78 is 0. The second-order valence-electron chi connectivity index (χ2n) is 4.59. The van der Waals surface area contributed by atoms with E-state index in [1.165, 1.54) is 11.1 Å². The second-order valence-corrected chi connectivity index (χ2v) is 4.59. The standard InChI is InChI=1S/C15H17N3O/c1-9-3-5-12(7-10(9)2)18-14-6-4-11(15(17)19)8-13(14)16/h3-8,18H,16H2,1-2H3,(H2,17,19). The molecule has 98 valence electrons. The largest absolute Gasteiger partial charge is 0.397 e. The van der Waals surface area contributed by atoms with Gasteiger partial charge >= 0.3 is 0 Å². The summed E-state index contributed by atoms with van der Waals surface area (Å²) in [6, 6.07) is 11.1. The summed E-state index contributed by atoms with van der Waals surface area (Å²) in [5, 5.41) is 3.23. The summed E-state index contributed by atoms with van der Waals surface area (Å²) >= 11 is 0. The van der Waals surface area contributed by atoms with E-state index >= 15 is 0 Å². The number of anilines is 3. The third kappa shape index (κ3) is 2.85.